The molecule has 0 amide bonds. The van der Waals surface area contributed by atoms with Gasteiger partial charge in [-0.25, -0.2) is 0 Å². The van der Waals surface area contributed by atoms with E-state index in [9.17, 15) is 9.59 Å². The van der Waals surface area contributed by atoms with Gasteiger partial charge in [0.1, 0.15) is 0 Å². The summed E-state index contributed by atoms with van der Waals surface area (Å²) >= 11 is 0. The Kier molecular flexibility index (Phi) is 2.02. The lowest BCUT2D eigenvalue weighted by molar-refractivity contribution is -0.113. The van der Waals surface area contributed by atoms with Gasteiger partial charge >= 0.3 is 0 Å². The van der Waals surface area contributed by atoms with Gasteiger partial charge in [-0.15, -0.1) is 0 Å². The summed E-state index contributed by atoms with van der Waals surface area (Å²) in [5.74, 6) is -0.421. The van der Waals surface area contributed by atoms with Crippen LogP contribution in [0.5, 0.6) is 0 Å². The summed E-state index contributed by atoms with van der Waals surface area (Å²) in [5, 5.41) is 7.40. The van der Waals surface area contributed by atoms with E-state index in [4.69, 9.17) is 0 Å². The number of aromatic nitrogens is 2. The SMILES string of the molecule is O=C1C=CC(=O)C(c2cccnn2)=C1. The van der Waals surface area contributed by atoms with Crippen molar-refractivity contribution < 1.29 is 9.59 Å². The van der Waals surface area contributed by atoms with Crippen molar-refractivity contribution in [2.24, 2.45) is 0 Å². The minimum Gasteiger partial charge on any atom is -0.290 e. The molecule has 4 heteroatoms. The van der Waals surface area contributed by atoms with Gasteiger partial charge in [0.05, 0.1) is 11.3 Å². The highest BCUT2D eigenvalue weighted by molar-refractivity contribution is 6.33. The van der Waals surface area contributed by atoms with E-state index >= 15 is 0 Å². The first kappa shape index (κ1) is 8.50. The fourth-order valence-corrected chi connectivity index (χ4v) is 1.15. The van der Waals surface area contributed by atoms with Crippen molar-refractivity contribution in [2.45, 2.75) is 0 Å². The number of carbonyl (C=O) groups excluding carboxylic acids is 2. The minimum atomic E-state index is -0.217. The van der Waals surface area contributed by atoms with E-state index in [0.717, 1.165) is 0 Å². The molecular formula is C10H6N2O2. The summed E-state index contributed by atoms with van der Waals surface area (Å²) in [5.41, 5.74) is 0.723. The van der Waals surface area contributed by atoms with Crippen molar-refractivity contribution in [1.82, 2.24) is 10.2 Å². The number of hydrogen-bond acceptors (Lipinski definition) is 4. The van der Waals surface area contributed by atoms with Gasteiger partial charge in [0, 0.05) is 6.20 Å². The molecule has 14 heavy (non-hydrogen) atoms. The van der Waals surface area contributed by atoms with Gasteiger partial charge in [-0.1, -0.05) is 0 Å². The second-order valence-electron chi connectivity index (χ2n) is 2.77. The van der Waals surface area contributed by atoms with Crippen molar-refractivity contribution in [1.29, 1.82) is 0 Å². The Bertz CT molecular complexity index is 446. The molecule has 0 spiro atoms. The fraction of sp³-hybridized carbons (Fsp3) is 0. The molecule has 0 atom stereocenters. The number of nitrogens with zero attached hydrogens (tertiary/aromatic N) is 2. The average molecular weight is 186 g/mol. The van der Waals surface area contributed by atoms with Crippen LogP contribution < -0.4 is 0 Å². The van der Waals surface area contributed by atoms with Crippen LogP contribution in [0.2, 0.25) is 0 Å². The molecule has 0 unspecified atom stereocenters. The largest absolute Gasteiger partial charge is 0.290 e. The highest BCUT2D eigenvalue weighted by Crippen LogP contribution is 2.15. The van der Waals surface area contributed by atoms with Crippen molar-refractivity contribution >= 4 is 17.1 Å². The van der Waals surface area contributed by atoms with Crippen LogP contribution in [0.1, 0.15) is 5.69 Å². The first-order valence-electron chi connectivity index (χ1n) is 4.03. The standard InChI is InChI=1S/C10H6N2O2/c13-7-3-4-10(14)8(6-7)9-2-1-5-11-12-9/h1-6H. The molecular weight excluding hydrogens is 180 g/mol. The molecule has 0 saturated heterocycles. The lowest BCUT2D eigenvalue weighted by Gasteiger charge is -2.03. The third-order valence-electron chi connectivity index (χ3n) is 1.80. The maximum atomic E-state index is 11.4. The molecule has 0 aromatic carbocycles. The molecule has 1 aliphatic rings. The predicted octanol–water partition coefficient (Wildman–Crippen LogP) is 0.568. The minimum absolute atomic E-state index is 0.203. The van der Waals surface area contributed by atoms with Gasteiger partial charge in [-0.3, -0.25) is 9.59 Å². The summed E-state index contributed by atoms with van der Waals surface area (Å²) in [6.45, 7) is 0. The lowest BCUT2D eigenvalue weighted by Crippen LogP contribution is -2.08. The smallest absolute Gasteiger partial charge is 0.188 e. The quantitative estimate of drug-likeness (QED) is 0.601. The Labute approximate surface area is 80.0 Å². The zero-order valence-electron chi connectivity index (χ0n) is 7.18. The third kappa shape index (κ3) is 1.50. The Balaban J connectivity index is 2.45. The maximum Gasteiger partial charge on any atom is 0.188 e. The third-order valence-corrected chi connectivity index (χ3v) is 1.80. The van der Waals surface area contributed by atoms with Crippen LogP contribution in [0.4, 0.5) is 0 Å². The van der Waals surface area contributed by atoms with Crippen LogP contribution in [0, 0.1) is 0 Å². The summed E-state index contributed by atoms with van der Waals surface area (Å²) in [6, 6.07) is 3.31. The van der Waals surface area contributed by atoms with E-state index in [0.29, 0.717) is 11.3 Å². The Morgan fingerprint density at radius 3 is 2.71 bits per heavy atom. The number of rotatable bonds is 1. The van der Waals surface area contributed by atoms with Crippen molar-refractivity contribution in [2.75, 3.05) is 0 Å². The monoisotopic (exact) mass is 186 g/mol. The second kappa shape index (κ2) is 3.33. The molecule has 0 fully saturated rings. The summed E-state index contributed by atoms with van der Waals surface area (Å²) in [6.07, 6.45) is 5.26. The summed E-state index contributed by atoms with van der Waals surface area (Å²) in [4.78, 5) is 22.4. The van der Waals surface area contributed by atoms with E-state index in [2.05, 4.69) is 10.2 Å². The number of ketones is 2. The predicted molar refractivity (Wildman–Crippen MR) is 49.2 cm³/mol. The second-order valence-corrected chi connectivity index (χ2v) is 2.77. The molecule has 68 valence electrons. The van der Waals surface area contributed by atoms with Crippen LogP contribution in [0.15, 0.2) is 36.6 Å². The van der Waals surface area contributed by atoms with Gasteiger partial charge in [-0.2, -0.15) is 10.2 Å². The molecule has 0 aliphatic heterocycles. The Morgan fingerprint density at radius 1 is 1.14 bits per heavy atom. The number of allylic oxidation sites excluding steroid dienone is 4. The molecule has 0 saturated carbocycles. The molecule has 1 aliphatic carbocycles. The highest BCUT2D eigenvalue weighted by Gasteiger charge is 2.15. The maximum absolute atomic E-state index is 11.4. The van der Waals surface area contributed by atoms with Gasteiger partial charge in [-0.05, 0) is 30.4 Å². The topological polar surface area (TPSA) is 59.9 Å². The van der Waals surface area contributed by atoms with Crippen molar-refractivity contribution in [3.8, 4) is 0 Å². The normalized spacial score (nSPS) is 15.6. The Morgan fingerprint density at radius 2 is 2.00 bits per heavy atom. The van der Waals surface area contributed by atoms with Gasteiger partial charge < -0.3 is 0 Å². The van der Waals surface area contributed by atoms with Crippen LogP contribution in [0.25, 0.3) is 5.57 Å². The van der Waals surface area contributed by atoms with E-state index in [-0.39, 0.29) is 11.6 Å². The Hall–Kier alpha value is -2.10. The molecule has 2 rings (SSSR count). The summed E-state index contributed by atoms with van der Waals surface area (Å²) < 4.78 is 0. The molecule has 4 nitrogen and oxygen atoms in total. The molecule has 0 N–H and O–H groups in total. The van der Waals surface area contributed by atoms with Gasteiger partial charge in [0.25, 0.3) is 0 Å². The zero-order chi connectivity index (χ0) is 9.97. The van der Waals surface area contributed by atoms with E-state index < -0.39 is 0 Å². The fourth-order valence-electron chi connectivity index (χ4n) is 1.15. The molecule has 0 bridgehead atoms. The van der Waals surface area contributed by atoms with Crippen LogP contribution in [-0.2, 0) is 9.59 Å². The zero-order valence-corrected chi connectivity index (χ0v) is 7.18. The first-order chi connectivity index (χ1) is 6.77. The molecule has 1 aromatic rings. The number of carbonyl (C=O) groups is 2. The molecule has 1 aromatic heterocycles. The highest BCUT2D eigenvalue weighted by atomic mass is 16.1. The van der Waals surface area contributed by atoms with Gasteiger partial charge in [0.2, 0.25) is 0 Å². The van der Waals surface area contributed by atoms with Crippen LogP contribution in [-0.4, -0.2) is 21.8 Å². The van der Waals surface area contributed by atoms with E-state index in [1.807, 2.05) is 0 Å². The van der Waals surface area contributed by atoms with Crippen molar-refractivity contribution in [3.63, 3.8) is 0 Å². The van der Waals surface area contributed by atoms with Crippen LogP contribution >= 0.6 is 0 Å². The first-order valence-corrected chi connectivity index (χ1v) is 4.03. The molecule has 0 radical (unpaired) electrons. The van der Waals surface area contributed by atoms with Crippen LogP contribution in [0.3, 0.4) is 0 Å². The number of hydrogen-bond donors (Lipinski definition) is 0. The van der Waals surface area contributed by atoms with E-state index in [1.165, 1.54) is 24.4 Å². The molecule has 1 heterocycles. The summed E-state index contributed by atoms with van der Waals surface area (Å²) in [7, 11) is 0. The lowest BCUT2D eigenvalue weighted by atomic mass is 10.0. The van der Waals surface area contributed by atoms with E-state index in [1.54, 1.807) is 12.1 Å². The van der Waals surface area contributed by atoms with Crippen molar-refractivity contribution in [3.05, 3.63) is 42.3 Å². The van der Waals surface area contributed by atoms with Gasteiger partial charge in [0.15, 0.2) is 11.6 Å². The average Bonchev–Trinajstić information content (AvgIpc) is 2.23.